The third-order valence-electron chi connectivity index (χ3n) is 6.98. The van der Waals surface area contributed by atoms with Crippen LogP contribution in [-0.2, 0) is 34.7 Å². The van der Waals surface area contributed by atoms with Crippen molar-refractivity contribution < 1.29 is 29.6 Å². The van der Waals surface area contributed by atoms with Gasteiger partial charge in [-0.15, -0.1) is 5.10 Å². The maximum Gasteiger partial charge on any atom is 0.264 e. The molecule has 3 atom stereocenters. The Kier molecular flexibility index (Phi) is 8.98. The van der Waals surface area contributed by atoms with Crippen LogP contribution >= 0.6 is 0 Å². The van der Waals surface area contributed by atoms with E-state index in [0.717, 1.165) is 11.3 Å². The highest BCUT2D eigenvalue weighted by atomic mass is 16.5. The molecule has 0 spiro atoms. The van der Waals surface area contributed by atoms with Crippen molar-refractivity contribution in [3.8, 4) is 5.75 Å². The summed E-state index contributed by atoms with van der Waals surface area (Å²) in [4.78, 5) is 27.1. The fourth-order valence-corrected chi connectivity index (χ4v) is 4.66. The molecule has 1 aromatic heterocycles. The Morgan fingerprint density at radius 3 is 2.62 bits per heavy atom. The van der Waals surface area contributed by atoms with Gasteiger partial charge in [0.15, 0.2) is 5.60 Å². The normalized spacial score (nSPS) is 18.1. The van der Waals surface area contributed by atoms with Gasteiger partial charge in [-0.3, -0.25) is 14.3 Å². The van der Waals surface area contributed by atoms with E-state index in [9.17, 15) is 19.8 Å². The first-order valence-electron chi connectivity index (χ1n) is 13.1. The van der Waals surface area contributed by atoms with Crippen molar-refractivity contribution in [2.24, 2.45) is 5.92 Å². The van der Waals surface area contributed by atoms with Crippen LogP contribution < -0.4 is 15.0 Å². The summed E-state index contributed by atoms with van der Waals surface area (Å²) >= 11 is 0. The Morgan fingerprint density at radius 1 is 1.20 bits per heavy atom. The second-order valence-electron chi connectivity index (χ2n) is 9.85. The number of carbonyl (C=O) groups is 2. The monoisotopic (exact) mass is 549 g/mol. The Morgan fingerprint density at radius 2 is 1.95 bits per heavy atom. The van der Waals surface area contributed by atoms with E-state index < -0.39 is 29.4 Å². The predicted octanol–water partition coefficient (Wildman–Crippen LogP) is 2.16. The number of aliphatic hydroxyl groups is 3. The molecule has 0 aliphatic carbocycles. The number of aromatic nitrogens is 3. The summed E-state index contributed by atoms with van der Waals surface area (Å²) < 4.78 is 7.08. The number of methoxy groups -OCH3 is 1. The standard InChI is InChI=1S/C29H35N5O6/c1-19(6-4-5-14-33-18-23(13-15-35)31-32-33)29(39)25-16-24(40-3)11-12-26(25)34(28(29)38)17-21-7-9-22(10-8-21)30-27(37)20(2)36/h4,6-12,16,18-20,35-36,39H,5,13-15,17H2,1-3H3,(H,30,37)/b6-4+/t19-,20+,29+/m1/s1. The number of hydrogen-bond acceptors (Lipinski definition) is 8. The van der Waals surface area contributed by atoms with E-state index >= 15 is 0 Å². The third-order valence-corrected chi connectivity index (χ3v) is 6.98. The molecule has 0 bridgehead atoms. The zero-order valence-corrected chi connectivity index (χ0v) is 22.8. The smallest absolute Gasteiger partial charge is 0.264 e. The molecule has 4 N–H and O–H groups in total. The maximum absolute atomic E-state index is 13.8. The van der Waals surface area contributed by atoms with Gasteiger partial charge in [0.05, 0.1) is 25.0 Å². The third kappa shape index (κ3) is 6.06. The zero-order valence-electron chi connectivity index (χ0n) is 22.8. The zero-order chi connectivity index (χ0) is 28.9. The summed E-state index contributed by atoms with van der Waals surface area (Å²) in [5, 5.41) is 41.0. The number of fused-ring (bicyclic) bond motifs is 1. The molecule has 40 heavy (non-hydrogen) atoms. The van der Waals surface area contributed by atoms with Crippen LogP contribution in [0.15, 0.2) is 60.8 Å². The second kappa shape index (κ2) is 12.4. The van der Waals surface area contributed by atoms with Crippen LogP contribution in [0.3, 0.4) is 0 Å². The van der Waals surface area contributed by atoms with Crippen LogP contribution in [-0.4, -0.2) is 61.9 Å². The van der Waals surface area contributed by atoms with Crippen molar-refractivity contribution >= 4 is 23.2 Å². The number of aryl methyl sites for hydroxylation is 1. The van der Waals surface area contributed by atoms with Gasteiger partial charge in [-0.25, -0.2) is 0 Å². The van der Waals surface area contributed by atoms with E-state index in [-0.39, 0.29) is 13.2 Å². The second-order valence-corrected chi connectivity index (χ2v) is 9.85. The largest absolute Gasteiger partial charge is 0.497 e. The molecule has 0 saturated heterocycles. The quantitative estimate of drug-likeness (QED) is 0.251. The van der Waals surface area contributed by atoms with Crippen molar-refractivity contribution in [1.82, 2.24) is 15.0 Å². The Bertz CT molecular complexity index is 1370. The lowest BCUT2D eigenvalue weighted by atomic mass is 9.83. The fourth-order valence-electron chi connectivity index (χ4n) is 4.66. The van der Waals surface area contributed by atoms with E-state index in [1.54, 1.807) is 65.2 Å². The summed E-state index contributed by atoms with van der Waals surface area (Å²) in [6.07, 6.45) is 5.46. The van der Waals surface area contributed by atoms with Gasteiger partial charge in [-0.1, -0.05) is 36.4 Å². The van der Waals surface area contributed by atoms with E-state index in [1.165, 1.54) is 14.0 Å². The van der Waals surface area contributed by atoms with Crippen molar-refractivity contribution in [3.05, 3.63) is 77.6 Å². The number of anilines is 2. The van der Waals surface area contributed by atoms with Gasteiger partial charge < -0.3 is 30.3 Å². The molecule has 4 rings (SSSR count). The van der Waals surface area contributed by atoms with E-state index in [0.29, 0.717) is 42.1 Å². The molecular formula is C29H35N5O6. The van der Waals surface area contributed by atoms with Gasteiger partial charge >= 0.3 is 0 Å². The number of nitrogens with zero attached hydrogens (tertiary/aromatic N) is 4. The number of aliphatic hydroxyl groups excluding tert-OH is 2. The lowest BCUT2D eigenvalue weighted by molar-refractivity contribution is -0.139. The van der Waals surface area contributed by atoms with Crippen LogP contribution in [0.25, 0.3) is 0 Å². The first-order valence-corrected chi connectivity index (χ1v) is 13.1. The molecule has 3 aromatic rings. The Hall–Kier alpha value is -4.06. The van der Waals surface area contributed by atoms with Crippen molar-refractivity contribution in [2.75, 3.05) is 23.9 Å². The molecule has 212 valence electrons. The lowest BCUT2D eigenvalue weighted by Crippen LogP contribution is -2.44. The summed E-state index contributed by atoms with van der Waals surface area (Å²) in [6.45, 7) is 3.98. The van der Waals surface area contributed by atoms with Gasteiger partial charge in [-0.2, -0.15) is 0 Å². The summed E-state index contributed by atoms with van der Waals surface area (Å²) in [7, 11) is 1.53. The van der Waals surface area contributed by atoms with Crippen LogP contribution in [0.1, 0.15) is 37.1 Å². The number of nitrogens with one attached hydrogen (secondary N) is 1. The minimum atomic E-state index is -1.80. The van der Waals surface area contributed by atoms with Crippen molar-refractivity contribution in [3.63, 3.8) is 0 Å². The number of hydrogen-bond donors (Lipinski definition) is 4. The fraction of sp³-hybridized carbons (Fsp3) is 0.379. The lowest BCUT2D eigenvalue weighted by Gasteiger charge is -2.28. The topological polar surface area (TPSA) is 150 Å². The van der Waals surface area contributed by atoms with Gasteiger partial charge in [0.25, 0.3) is 11.8 Å². The first kappa shape index (κ1) is 28.9. The number of allylic oxidation sites excluding steroid dienone is 1. The van der Waals surface area contributed by atoms with Gasteiger partial charge in [-0.05, 0) is 49.2 Å². The molecule has 11 nitrogen and oxygen atoms in total. The van der Waals surface area contributed by atoms with Gasteiger partial charge in [0, 0.05) is 42.9 Å². The Balaban J connectivity index is 1.51. The highest BCUT2D eigenvalue weighted by molar-refractivity contribution is 6.07. The van der Waals surface area contributed by atoms with Crippen LogP contribution in [0, 0.1) is 5.92 Å². The number of ether oxygens (including phenoxy) is 1. The Labute approximate surface area is 232 Å². The van der Waals surface area contributed by atoms with E-state index in [4.69, 9.17) is 9.84 Å². The molecule has 0 saturated carbocycles. The average molecular weight is 550 g/mol. The molecule has 11 heteroatoms. The van der Waals surface area contributed by atoms with Crippen molar-refractivity contribution in [2.45, 2.75) is 51.5 Å². The van der Waals surface area contributed by atoms with Crippen LogP contribution in [0.5, 0.6) is 5.75 Å². The molecule has 0 unspecified atom stereocenters. The summed E-state index contributed by atoms with van der Waals surface area (Å²) in [5.41, 5.74) is 1.31. The molecule has 0 fully saturated rings. The maximum atomic E-state index is 13.8. The summed E-state index contributed by atoms with van der Waals surface area (Å²) in [5.74, 6) is -0.963. The van der Waals surface area contributed by atoms with E-state index in [2.05, 4.69) is 15.6 Å². The molecule has 1 aliphatic heterocycles. The molecular weight excluding hydrogens is 514 g/mol. The highest BCUT2D eigenvalue weighted by Crippen LogP contribution is 2.47. The minimum absolute atomic E-state index is 0.0134. The molecule has 0 radical (unpaired) electrons. The predicted molar refractivity (Wildman–Crippen MR) is 149 cm³/mol. The number of rotatable bonds is 12. The summed E-state index contributed by atoms with van der Waals surface area (Å²) in [6, 6.07) is 12.2. The minimum Gasteiger partial charge on any atom is -0.497 e. The van der Waals surface area contributed by atoms with Gasteiger partial charge in [0.1, 0.15) is 11.9 Å². The number of carbonyl (C=O) groups excluding carboxylic acids is 2. The molecule has 1 aliphatic rings. The SMILES string of the molecule is COc1ccc2c(c1)[C@@](O)([C@H](C)/C=C/CCn1cc(CCO)nn1)C(=O)N2Cc1ccc(NC(=O)[C@H](C)O)cc1. The molecule has 2 heterocycles. The molecule has 2 amide bonds. The van der Waals surface area contributed by atoms with Crippen molar-refractivity contribution in [1.29, 1.82) is 0 Å². The number of amides is 2. The van der Waals surface area contributed by atoms with Crippen LogP contribution in [0.4, 0.5) is 11.4 Å². The number of benzene rings is 2. The molecule has 2 aromatic carbocycles. The highest BCUT2D eigenvalue weighted by Gasteiger charge is 2.52. The van der Waals surface area contributed by atoms with E-state index in [1.807, 2.05) is 12.2 Å². The van der Waals surface area contributed by atoms with Crippen LogP contribution in [0.2, 0.25) is 0 Å². The first-order chi connectivity index (χ1) is 19.2. The average Bonchev–Trinajstić information content (AvgIpc) is 3.48. The van der Waals surface area contributed by atoms with Gasteiger partial charge in [0.2, 0.25) is 0 Å².